The van der Waals surface area contributed by atoms with Gasteiger partial charge in [-0.2, -0.15) is 0 Å². The second kappa shape index (κ2) is 7.51. The number of aromatic nitrogens is 1. The molecule has 0 saturated carbocycles. The van der Waals surface area contributed by atoms with Crippen LogP contribution in [0.3, 0.4) is 0 Å². The van der Waals surface area contributed by atoms with Crippen LogP contribution in [0.5, 0.6) is 5.75 Å². The van der Waals surface area contributed by atoms with Crippen LogP contribution in [0, 0.1) is 0 Å². The highest BCUT2D eigenvalue weighted by atomic mass is 35.5. The summed E-state index contributed by atoms with van der Waals surface area (Å²) in [6.07, 6.45) is 5.21. The Kier molecular flexibility index (Phi) is 5.69. The molecule has 2 aromatic rings. The van der Waals surface area contributed by atoms with Gasteiger partial charge in [0.05, 0.1) is 11.6 Å². The Morgan fingerprint density at radius 1 is 1.05 bits per heavy atom. The van der Waals surface area contributed by atoms with E-state index in [1.807, 2.05) is 30.3 Å². The summed E-state index contributed by atoms with van der Waals surface area (Å²) in [6.45, 7) is 2.95. The maximum atomic E-state index is 5.97. The number of unbranched alkanes of at least 4 members (excludes halogenated alkanes) is 2. The fraction of sp³-hybridized carbons (Fsp3) is 0.312. The van der Waals surface area contributed by atoms with Gasteiger partial charge in [-0.3, -0.25) is 0 Å². The Morgan fingerprint density at radius 3 is 2.45 bits per heavy atom. The number of nitrogens with zero attached hydrogens (tertiary/aromatic N) is 1. The molecule has 0 amide bonds. The van der Waals surface area contributed by atoms with E-state index in [0.29, 0.717) is 10.2 Å². The molecule has 2 nitrogen and oxygen atoms in total. The van der Waals surface area contributed by atoms with E-state index in [-0.39, 0.29) is 0 Å². The SMILES string of the molecule is CCCCCOc1ccc(-c2cnc(Cl)c(Cl)c2)cc1. The van der Waals surface area contributed by atoms with E-state index in [1.165, 1.54) is 12.8 Å². The lowest BCUT2D eigenvalue weighted by Gasteiger charge is -2.07. The van der Waals surface area contributed by atoms with E-state index in [4.69, 9.17) is 27.9 Å². The summed E-state index contributed by atoms with van der Waals surface area (Å²) < 4.78 is 5.68. The van der Waals surface area contributed by atoms with E-state index < -0.39 is 0 Å². The zero-order chi connectivity index (χ0) is 14.4. The third kappa shape index (κ3) is 4.12. The molecule has 0 bridgehead atoms. The van der Waals surface area contributed by atoms with Crippen molar-refractivity contribution in [3.63, 3.8) is 0 Å². The summed E-state index contributed by atoms with van der Waals surface area (Å²) in [5.41, 5.74) is 1.98. The average molecular weight is 310 g/mol. The van der Waals surface area contributed by atoms with Gasteiger partial charge in [-0.25, -0.2) is 4.98 Å². The van der Waals surface area contributed by atoms with Gasteiger partial charge in [0.25, 0.3) is 0 Å². The van der Waals surface area contributed by atoms with Crippen molar-refractivity contribution in [1.29, 1.82) is 0 Å². The summed E-state index contributed by atoms with van der Waals surface area (Å²) in [7, 11) is 0. The van der Waals surface area contributed by atoms with E-state index in [0.717, 1.165) is 29.9 Å². The number of halogens is 2. The molecule has 0 fully saturated rings. The first-order chi connectivity index (χ1) is 9.70. The topological polar surface area (TPSA) is 22.1 Å². The molecule has 0 N–H and O–H groups in total. The van der Waals surface area contributed by atoms with E-state index >= 15 is 0 Å². The fourth-order valence-corrected chi connectivity index (χ4v) is 2.13. The van der Waals surface area contributed by atoms with Crippen LogP contribution in [0.4, 0.5) is 0 Å². The molecular weight excluding hydrogens is 293 g/mol. The molecule has 1 aromatic carbocycles. The Balaban J connectivity index is 2.02. The lowest BCUT2D eigenvalue weighted by molar-refractivity contribution is 0.306. The summed E-state index contributed by atoms with van der Waals surface area (Å²) in [6, 6.07) is 9.73. The number of hydrogen-bond acceptors (Lipinski definition) is 2. The highest BCUT2D eigenvalue weighted by molar-refractivity contribution is 6.41. The van der Waals surface area contributed by atoms with Gasteiger partial charge in [-0.15, -0.1) is 0 Å². The second-order valence-corrected chi connectivity index (χ2v) is 5.34. The Hall–Kier alpha value is -1.25. The molecule has 1 heterocycles. The van der Waals surface area contributed by atoms with E-state index in [1.54, 1.807) is 6.20 Å². The highest BCUT2D eigenvalue weighted by Crippen LogP contribution is 2.27. The molecule has 20 heavy (non-hydrogen) atoms. The van der Waals surface area contributed by atoms with Crippen LogP contribution in [-0.2, 0) is 0 Å². The second-order valence-electron chi connectivity index (χ2n) is 4.58. The summed E-state index contributed by atoms with van der Waals surface area (Å²) in [4.78, 5) is 4.05. The summed E-state index contributed by atoms with van der Waals surface area (Å²) in [5.74, 6) is 0.887. The molecule has 106 valence electrons. The van der Waals surface area contributed by atoms with Crippen LogP contribution < -0.4 is 4.74 Å². The van der Waals surface area contributed by atoms with Crippen molar-refractivity contribution >= 4 is 23.2 Å². The zero-order valence-corrected chi connectivity index (χ0v) is 12.9. The molecule has 0 aliphatic carbocycles. The van der Waals surface area contributed by atoms with Crippen LogP contribution in [0.2, 0.25) is 10.2 Å². The molecule has 0 spiro atoms. The third-order valence-electron chi connectivity index (χ3n) is 3.00. The van der Waals surface area contributed by atoms with Gasteiger partial charge in [0.15, 0.2) is 0 Å². The molecule has 4 heteroatoms. The van der Waals surface area contributed by atoms with Crippen molar-refractivity contribution in [3.8, 4) is 16.9 Å². The van der Waals surface area contributed by atoms with Crippen molar-refractivity contribution in [2.75, 3.05) is 6.61 Å². The van der Waals surface area contributed by atoms with Crippen molar-refractivity contribution in [3.05, 3.63) is 46.7 Å². The highest BCUT2D eigenvalue weighted by Gasteiger charge is 2.03. The van der Waals surface area contributed by atoms with Crippen LogP contribution in [0.15, 0.2) is 36.5 Å². The van der Waals surface area contributed by atoms with Gasteiger partial charge in [0.2, 0.25) is 0 Å². The number of ether oxygens (including phenoxy) is 1. The van der Waals surface area contributed by atoms with Gasteiger partial charge in [0, 0.05) is 11.8 Å². The smallest absolute Gasteiger partial charge is 0.147 e. The van der Waals surface area contributed by atoms with Crippen molar-refractivity contribution < 1.29 is 4.74 Å². The average Bonchev–Trinajstić information content (AvgIpc) is 2.47. The fourth-order valence-electron chi connectivity index (χ4n) is 1.86. The number of pyridine rings is 1. The lowest BCUT2D eigenvalue weighted by atomic mass is 10.1. The Labute approximate surface area is 129 Å². The maximum Gasteiger partial charge on any atom is 0.147 e. The Morgan fingerprint density at radius 2 is 1.80 bits per heavy atom. The number of benzene rings is 1. The largest absolute Gasteiger partial charge is 0.494 e. The molecule has 2 rings (SSSR count). The quantitative estimate of drug-likeness (QED) is 0.510. The van der Waals surface area contributed by atoms with Crippen molar-refractivity contribution in [1.82, 2.24) is 4.98 Å². The molecule has 0 saturated heterocycles. The van der Waals surface area contributed by atoms with Gasteiger partial charge >= 0.3 is 0 Å². The first-order valence-corrected chi connectivity index (χ1v) is 7.50. The minimum absolute atomic E-state index is 0.325. The Bertz CT molecular complexity index is 555. The van der Waals surface area contributed by atoms with Crippen LogP contribution >= 0.6 is 23.2 Å². The van der Waals surface area contributed by atoms with Crippen molar-refractivity contribution in [2.45, 2.75) is 26.2 Å². The number of rotatable bonds is 6. The lowest BCUT2D eigenvalue weighted by Crippen LogP contribution is -1.96. The normalized spacial score (nSPS) is 10.6. The molecule has 0 atom stereocenters. The van der Waals surface area contributed by atoms with Gasteiger partial charge in [-0.1, -0.05) is 55.1 Å². The van der Waals surface area contributed by atoms with Crippen LogP contribution in [0.25, 0.3) is 11.1 Å². The first-order valence-electron chi connectivity index (χ1n) is 6.75. The van der Waals surface area contributed by atoms with E-state index in [2.05, 4.69) is 11.9 Å². The molecular formula is C16H17Cl2NO. The number of hydrogen-bond donors (Lipinski definition) is 0. The predicted molar refractivity (Wildman–Crippen MR) is 84.7 cm³/mol. The summed E-state index contributed by atoms with van der Waals surface area (Å²) >= 11 is 11.8. The monoisotopic (exact) mass is 309 g/mol. The predicted octanol–water partition coefficient (Wildman–Crippen LogP) is 5.62. The molecule has 0 radical (unpaired) electrons. The minimum Gasteiger partial charge on any atom is -0.494 e. The molecule has 1 aromatic heterocycles. The first kappa shape index (κ1) is 15.1. The van der Waals surface area contributed by atoms with Crippen LogP contribution in [-0.4, -0.2) is 11.6 Å². The standard InChI is InChI=1S/C16H17Cl2NO/c1-2-3-4-9-20-14-7-5-12(6-8-14)13-10-15(17)16(18)19-11-13/h5-8,10-11H,2-4,9H2,1H3. The molecule has 0 unspecified atom stereocenters. The molecule has 0 aliphatic heterocycles. The van der Waals surface area contributed by atoms with E-state index in [9.17, 15) is 0 Å². The van der Waals surface area contributed by atoms with Gasteiger partial charge in [-0.05, 0) is 30.2 Å². The molecule has 0 aliphatic rings. The van der Waals surface area contributed by atoms with Crippen molar-refractivity contribution in [2.24, 2.45) is 0 Å². The van der Waals surface area contributed by atoms with Crippen LogP contribution in [0.1, 0.15) is 26.2 Å². The summed E-state index contributed by atoms with van der Waals surface area (Å²) in [5, 5.41) is 0.787. The third-order valence-corrected chi connectivity index (χ3v) is 3.69. The van der Waals surface area contributed by atoms with Gasteiger partial charge in [0.1, 0.15) is 10.9 Å². The van der Waals surface area contributed by atoms with Gasteiger partial charge < -0.3 is 4.74 Å². The zero-order valence-electron chi connectivity index (χ0n) is 11.4. The minimum atomic E-state index is 0.325. The maximum absolute atomic E-state index is 5.97.